The van der Waals surface area contributed by atoms with E-state index >= 15 is 0 Å². The van der Waals surface area contributed by atoms with Gasteiger partial charge >= 0.3 is 357 Å². The van der Waals surface area contributed by atoms with Crippen LogP contribution in [0.15, 0.2) is 0 Å². The number of rotatable bonds is 47. The van der Waals surface area contributed by atoms with E-state index in [9.17, 15) is 206 Å². The van der Waals surface area contributed by atoms with Gasteiger partial charge in [0.1, 0.15) is 0 Å². The Balaban J connectivity index is 6.01. The first kappa shape index (κ1) is 97.9. The smallest absolute Gasteiger partial charge is 0.533 e. The van der Waals surface area contributed by atoms with Crippen molar-refractivity contribution in [3.63, 3.8) is 0 Å². The minimum Gasteiger partial charge on any atom is -0.558 e. The Morgan fingerprint density at radius 3 is 0.340 bits per heavy atom. The fourth-order valence-corrected chi connectivity index (χ4v) is 531. The van der Waals surface area contributed by atoms with Crippen LogP contribution in [0.5, 0.6) is 0 Å². The topological polar surface area (TPSA) is 818 Å². The van der Waals surface area contributed by atoms with Crippen molar-refractivity contribution in [3.05, 3.63) is 0 Å². The monoisotopic (exact) mass is 2110 g/mol. The molecule has 0 saturated carbocycles. The third-order valence-electron chi connectivity index (χ3n) is 9.50. The maximum Gasteiger partial charge on any atom is 0.533 e. The molecule has 0 unspecified atom stereocenters. The highest BCUT2D eigenvalue weighted by Crippen LogP contribution is 1.99. The van der Waals surface area contributed by atoms with Gasteiger partial charge in [0.15, 0.2) is 0 Å². The molecule has 0 aromatic carbocycles. The summed E-state index contributed by atoms with van der Waals surface area (Å²) >= 11 is 0. The van der Waals surface area contributed by atoms with Crippen LogP contribution < -0.4 is 0 Å². The lowest BCUT2D eigenvalue weighted by Crippen LogP contribution is -2.58. The lowest BCUT2D eigenvalue weighted by atomic mass is 11.9. The highest BCUT2D eigenvalue weighted by Gasteiger charge is 2.61. The van der Waals surface area contributed by atoms with Crippen LogP contribution in [-0.2, 0) is 205 Å². The summed E-state index contributed by atoms with van der Waals surface area (Å²) < 4.78 is 573. The molecule has 0 saturated heterocycles. The molecule has 0 aliphatic rings. The van der Waals surface area contributed by atoms with Crippen LogP contribution in [0.2, 0.25) is 13.1 Å². The molecule has 0 aliphatic carbocycles. The predicted octanol–water partition coefficient (Wildman–Crippen LogP) is -23.3. The summed E-state index contributed by atoms with van der Waals surface area (Å²) in [5, 5.41) is 0. The van der Waals surface area contributed by atoms with Crippen molar-refractivity contribution in [2.75, 3.05) is 0 Å². The molecule has 97 heavy (non-hydrogen) atoms. The molecule has 0 amide bonds. The second-order valence-electron chi connectivity index (χ2n) is 16.4. The molecule has 0 rings (SSSR count). The van der Waals surface area contributed by atoms with E-state index < -0.39 is 366 Å². The Kier molecular flexibility index (Phi) is 43.5. The Morgan fingerprint density at radius 2 is 0.258 bits per heavy atom. The van der Waals surface area contributed by atoms with Crippen LogP contribution in [0.25, 0.3) is 0 Å². The van der Waals surface area contributed by atoms with E-state index in [4.69, 9.17) is 4.80 Å². The third-order valence-corrected chi connectivity index (χ3v) is 362. The Morgan fingerprint density at radius 1 is 0.175 bits per heavy atom. The van der Waals surface area contributed by atoms with E-state index in [-0.39, 0.29) is 0 Å². The molecule has 95 heteroatoms. The average Bonchev–Trinajstić information content (AvgIpc) is 0.843. The summed E-state index contributed by atoms with van der Waals surface area (Å²) in [6.07, 6.45) is 0. The number of hydrogen-bond acceptors (Lipinski definition) is 48. The fraction of sp³-hybridized carbons (Fsp3) is 1.00. The molecule has 0 aliphatic heterocycles. The predicted molar refractivity (Wildman–Crippen MR) is 319 cm³/mol. The number of hydrogen-bond donors (Lipinski definition) is 2. The van der Waals surface area contributed by atoms with Gasteiger partial charge in [-0.05, 0) is 13.1 Å². The Hall–Kier alpha value is 0.914. The highest BCUT2D eigenvalue weighted by molar-refractivity contribution is 7.87. The van der Waals surface area contributed by atoms with Crippen molar-refractivity contribution in [1.82, 2.24) is 0 Å². The minimum absolute atomic E-state index is 0.991. The summed E-state index contributed by atoms with van der Waals surface area (Å²) in [6.45, 7) is 1.98. The van der Waals surface area contributed by atoms with Crippen molar-refractivity contribution >= 4 is 366 Å². The molecule has 0 aromatic heterocycles. The molecule has 2 radical (unpaired) electrons. The van der Waals surface area contributed by atoms with Gasteiger partial charge in [-0.3, -0.25) is 0 Å². The quantitative estimate of drug-likeness (QED) is 0.0534. The van der Waals surface area contributed by atoms with E-state index in [1.165, 1.54) is 0 Å². The SMILES string of the molecule is C[Si](C)(O)O[Si](=O)[Si](=O)[Si](=O)[Si](=O)[Si](=O)[Si](=O)[Si](=O)[Si](=O)[Si](=O)[Si](=O)[Si](=O)[Si](=O)[Si](=O)[Si](=O)[Si](=O)[Si](=O)[Si](=O)[Si](=O)[Si](=O)[Si](=O)[Si](=O)[Si](=O)[Si](=O)[Si](=O)[Si](=O)[Si](=O)[Si](=O)[Si](=O)[Si](=O)[Si](=O)[Si](=O)[Si](=O)[Si](=O)[Si](=O)[Si](=O)[Si](=O)[Si](=O)[Si](=O)[Si](=O)[Si](=O)[Si](=O)[Si](=O)[Si](=O)[Si](=O)[Si](=O)[Si]O. The molecule has 2 N–H and O–H groups in total. The summed E-state index contributed by atoms with van der Waals surface area (Å²) in [4.78, 5) is 18.4. The maximum atomic E-state index is 12.9. The van der Waals surface area contributed by atoms with E-state index in [0.29, 0.717) is 0 Å². The van der Waals surface area contributed by atoms with Crippen LogP contribution in [0.4, 0.5) is 0 Å². The van der Waals surface area contributed by atoms with E-state index in [1.807, 2.05) is 0 Å². The van der Waals surface area contributed by atoms with Gasteiger partial charge in [-0.25, -0.2) is 0 Å². The zero-order chi connectivity index (χ0) is 76.9. The lowest BCUT2D eigenvalue weighted by Gasteiger charge is -2.13. The van der Waals surface area contributed by atoms with Crippen LogP contribution in [0.1, 0.15) is 0 Å². The molecule has 492 valence electrons. The maximum absolute atomic E-state index is 12.9. The largest absolute Gasteiger partial charge is 0.558 e. The van der Waals surface area contributed by atoms with Gasteiger partial charge in [-0.1, -0.05) is 0 Å². The van der Waals surface area contributed by atoms with Crippen molar-refractivity contribution in [1.29, 1.82) is 0 Å². The Bertz CT molecular complexity index is 4430. The summed E-state index contributed by atoms with van der Waals surface area (Å²) in [5.74, 6) is 0. The van der Waals surface area contributed by atoms with Crippen LogP contribution in [0, 0.1) is 0 Å². The van der Waals surface area contributed by atoms with Crippen molar-refractivity contribution in [2.45, 2.75) is 13.1 Å². The molecule has 0 aromatic rings. The van der Waals surface area contributed by atoms with Gasteiger partial charge in [0.25, 0.3) is 9.28 Å². The molecule has 0 bridgehead atoms. The van der Waals surface area contributed by atoms with Crippen LogP contribution in [-0.4, -0.2) is 375 Å². The lowest BCUT2D eigenvalue weighted by molar-refractivity contribution is 0.372. The van der Waals surface area contributed by atoms with Gasteiger partial charge in [0.2, 0.25) is 0 Å². The summed E-state index contributed by atoms with van der Waals surface area (Å²) in [5.41, 5.74) is 0. The zero-order valence-corrected chi connectivity index (χ0v) is 92.2. The van der Waals surface area contributed by atoms with E-state index in [1.54, 1.807) is 0 Å². The fourth-order valence-electron chi connectivity index (χ4n) is 4.75. The second kappa shape index (κ2) is 43.0. The standard InChI is InChI=1S/C2H8O48Si47/c1-97(2,49)50-52(4)54(6)56(8)58(10)60(12)62(14)64(16)66(18)68(20)70(22)72(24)74(26)76(28)78(30)80(32)82(34)84(36)86(38)88(40)90(42)92(44)94(46)96(48)95(47)93(45)91(43)89(41)87(39)85(37)83(35)81(33)79(31)77(29)75(27)73(25)71(23)69(21)67(19)65(17)63(15)61(13)59(11)57(9)55(7)53(5)51-3/h3,49H,1-2H3. The Labute approximate surface area is 586 Å². The first-order valence-corrected chi connectivity index (χ1v) is 134. The van der Waals surface area contributed by atoms with E-state index in [2.05, 4.69) is 4.12 Å². The normalized spacial score (nSPS) is 10.1. The second-order valence-corrected chi connectivity index (χ2v) is 238. The first-order chi connectivity index (χ1) is 44.0. The van der Waals surface area contributed by atoms with Gasteiger partial charge in [0.05, 0.1) is 0 Å². The molecule has 0 atom stereocenters. The molecule has 48 nitrogen and oxygen atoms in total. The molecule has 0 fully saturated rings. The van der Waals surface area contributed by atoms with Crippen molar-refractivity contribution < 1.29 is 214 Å². The third kappa shape index (κ3) is 25.8. The van der Waals surface area contributed by atoms with Gasteiger partial charge in [0, 0.05) is 0 Å². The molecular weight excluding hydrogens is 2110 g/mol. The van der Waals surface area contributed by atoms with Crippen LogP contribution >= 0.6 is 0 Å². The molecule has 0 spiro atoms. The van der Waals surface area contributed by atoms with E-state index in [0.717, 1.165) is 13.1 Å². The van der Waals surface area contributed by atoms with Crippen LogP contribution in [0.3, 0.4) is 0 Å². The summed E-state index contributed by atoms with van der Waals surface area (Å²) in [7, 11) is -215. The van der Waals surface area contributed by atoms with Crippen molar-refractivity contribution in [2.24, 2.45) is 0 Å². The van der Waals surface area contributed by atoms with Crippen molar-refractivity contribution in [3.8, 4) is 0 Å². The van der Waals surface area contributed by atoms with Gasteiger partial charge in [-0.15, -0.1) is 0 Å². The first-order valence-electron chi connectivity index (χ1n) is 22.3. The molecule has 0 heterocycles. The van der Waals surface area contributed by atoms with Gasteiger partial charge < -0.3 is 214 Å². The average molecular weight is 2120 g/mol. The molecular formula is C2H8O48Si47. The van der Waals surface area contributed by atoms with Gasteiger partial charge in [-0.2, -0.15) is 0 Å². The zero-order valence-electron chi connectivity index (χ0n) is 45.2. The highest BCUT2D eigenvalue weighted by atomic mass is 30.2. The summed E-state index contributed by atoms with van der Waals surface area (Å²) in [6, 6.07) is 0. The minimum atomic E-state index is -4.92.